The normalized spacial score (nSPS) is 14.9. The van der Waals surface area contributed by atoms with Gasteiger partial charge in [0.1, 0.15) is 0 Å². The lowest BCUT2D eigenvalue weighted by atomic mass is 9.89. The standard InChI is InChI=1S/C27H34N2O/c1-3-4-16-28-27(30)25-18-26(24-15-14-22-12-8-9-13-23(22)17-24)29(20(25)2)19-21-10-6-5-7-11-21/h8-9,12-15,17-18,21H,3-7,10-11,16,19H2,1-2H3,(H,28,30). The molecule has 1 saturated carbocycles. The van der Waals surface area contributed by atoms with Gasteiger partial charge in [-0.1, -0.05) is 69.0 Å². The lowest BCUT2D eigenvalue weighted by Crippen LogP contribution is -2.25. The number of nitrogens with zero attached hydrogens (tertiary/aromatic N) is 1. The summed E-state index contributed by atoms with van der Waals surface area (Å²) in [5, 5.41) is 5.61. The van der Waals surface area contributed by atoms with E-state index in [1.54, 1.807) is 0 Å². The minimum atomic E-state index is 0.0605. The Morgan fingerprint density at radius 1 is 1.03 bits per heavy atom. The molecule has 0 radical (unpaired) electrons. The van der Waals surface area contributed by atoms with Gasteiger partial charge in [-0.15, -0.1) is 0 Å². The van der Waals surface area contributed by atoms with Crippen LogP contribution in [0.2, 0.25) is 0 Å². The maximum atomic E-state index is 12.9. The maximum absolute atomic E-state index is 12.9. The highest BCUT2D eigenvalue weighted by molar-refractivity contribution is 5.97. The van der Waals surface area contributed by atoms with Crippen LogP contribution in [0, 0.1) is 12.8 Å². The smallest absolute Gasteiger partial charge is 0.253 e. The quantitative estimate of drug-likeness (QED) is 0.437. The minimum Gasteiger partial charge on any atom is -0.352 e. The van der Waals surface area contributed by atoms with Crippen molar-refractivity contribution in [1.82, 2.24) is 9.88 Å². The van der Waals surface area contributed by atoms with Crippen LogP contribution in [0.3, 0.4) is 0 Å². The molecule has 3 aromatic rings. The molecule has 30 heavy (non-hydrogen) atoms. The third kappa shape index (κ3) is 4.45. The lowest BCUT2D eigenvalue weighted by molar-refractivity contribution is 0.0952. The number of benzene rings is 2. The Labute approximate surface area is 180 Å². The Hall–Kier alpha value is -2.55. The maximum Gasteiger partial charge on any atom is 0.253 e. The van der Waals surface area contributed by atoms with Gasteiger partial charge in [0.15, 0.2) is 0 Å². The monoisotopic (exact) mass is 402 g/mol. The average Bonchev–Trinajstić information content (AvgIpc) is 3.10. The molecule has 1 aliphatic carbocycles. The predicted octanol–water partition coefficient (Wildman–Crippen LogP) is 6.73. The van der Waals surface area contributed by atoms with Crippen LogP contribution in [0.4, 0.5) is 0 Å². The van der Waals surface area contributed by atoms with Crippen LogP contribution < -0.4 is 5.32 Å². The van der Waals surface area contributed by atoms with Gasteiger partial charge in [0.25, 0.3) is 5.91 Å². The van der Waals surface area contributed by atoms with Crippen LogP contribution in [0.5, 0.6) is 0 Å². The molecule has 0 spiro atoms. The summed E-state index contributed by atoms with van der Waals surface area (Å²) in [6, 6.07) is 17.3. The van der Waals surface area contributed by atoms with Crippen LogP contribution in [-0.4, -0.2) is 17.0 Å². The number of carbonyl (C=O) groups is 1. The molecule has 0 bridgehead atoms. The second-order valence-electron chi connectivity index (χ2n) is 8.81. The number of carbonyl (C=O) groups excluding carboxylic acids is 1. The van der Waals surface area contributed by atoms with E-state index in [2.05, 4.69) is 72.3 Å². The van der Waals surface area contributed by atoms with Crippen molar-refractivity contribution in [1.29, 1.82) is 0 Å². The van der Waals surface area contributed by atoms with Crippen molar-refractivity contribution in [3.8, 4) is 11.3 Å². The number of aromatic nitrogens is 1. The number of fused-ring (bicyclic) bond motifs is 1. The molecule has 1 heterocycles. The van der Waals surface area contributed by atoms with E-state index in [1.807, 2.05) is 0 Å². The summed E-state index contributed by atoms with van der Waals surface area (Å²) < 4.78 is 2.41. The van der Waals surface area contributed by atoms with E-state index in [0.717, 1.165) is 37.2 Å². The third-order valence-electron chi connectivity index (χ3n) is 6.64. The number of unbranched alkanes of at least 4 members (excludes halogenated alkanes) is 1. The van der Waals surface area contributed by atoms with Gasteiger partial charge in [-0.05, 0) is 60.6 Å². The molecule has 0 saturated heterocycles. The van der Waals surface area contributed by atoms with E-state index in [9.17, 15) is 4.79 Å². The molecule has 4 rings (SSSR count). The van der Waals surface area contributed by atoms with Crippen LogP contribution >= 0.6 is 0 Å². The fourth-order valence-electron chi connectivity index (χ4n) is 4.80. The predicted molar refractivity (Wildman–Crippen MR) is 126 cm³/mol. The largest absolute Gasteiger partial charge is 0.352 e. The van der Waals surface area contributed by atoms with Gasteiger partial charge in [0.2, 0.25) is 0 Å². The molecule has 0 unspecified atom stereocenters. The molecular weight excluding hydrogens is 368 g/mol. The van der Waals surface area contributed by atoms with Gasteiger partial charge < -0.3 is 9.88 Å². The van der Waals surface area contributed by atoms with Crippen molar-refractivity contribution >= 4 is 16.7 Å². The van der Waals surface area contributed by atoms with Gasteiger partial charge in [0, 0.05) is 24.5 Å². The first kappa shape index (κ1) is 20.7. The summed E-state index contributed by atoms with van der Waals surface area (Å²) >= 11 is 0. The third-order valence-corrected chi connectivity index (χ3v) is 6.64. The highest BCUT2D eigenvalue weighted by Crippen LogP contribution is 2.32. The summed E-state index contributed by atoms with van der Waals surface area (Å²) in [6.07, 6.45) is 8.74. The number of rotatable bonds is 7. The number of nitrogens with one attached hydrogen (secondary N) is 1. The van der Waals surface area contributed by atoms with Crippen LogP contribution in [0.15, 0.2) is 48.5 Å². The topological polar surface area (TPSA) is 34.0 Å². The summed E-state index contributed by atoms with van der Waals surface area (Å²) in [5.74, 6) is 0.769. The van der Waals surface area contributed by atoms with Gasteiger partial charge in [-0.25, -0.2) is 0 Å². The Balaban J connectivity index is 1.72. The Morgan fingerprint density at radius 3 is 2.57 bits per heavy atom. The number of amides is 1. The fourth-order valence-corrected chi connectivity index (χ4v) is 4.80. The van der Waals surface area contributed by atoms with Gasteiger partial charge in [0.05, 0.1) is 5.56 Å². The van der Waals surface area contributed by atoms with E-state index in [-0.39, 0.29) is 5.91 Å². The number of hydrogen-bond donors (Lipinski definition) is 1. The molecule has 1 amide bonds. The molecule has 0 aliphatic heterocycles. The van der Waals surface area contributed by atoms with E-state index < -0.39 is 0 Å². The highest BCUT2D eigenvalue weighted by atomic mass is 16.1. The molecule has 1 fully saturated rings. The molecule has 0 atom stereocenters. The first-order chi connectivity index (χ1) is 14.7. The first-order valence-electron chi connectivity index (χ1n) is 11.6. The SMILES string of the molecule is CCCCNC(=O)c1cc(-c2ccc3ccccc3c2)n(CC2CCCCC2)c1C. The molecule has 1 N–H and O–H groups in total. The van der Waals surface area contributed by atoms with Crippen molar-refractivity contribution in [3.05, 3.63) is 59.8 Å². The Morgan fingerprint density at radius 2 is 1.80 bits per heavy atom. The fraction of sp³-hybridized carbons (Fsp3) is 0.444. The number of hydrogen-bond acceptors (Lipinski definition) is 1. The van der Waals surface area contributed by atoms with E-state index >= 15 is 0 Å². The molecule has 3 nitrogen and oxygen atoms in total. The summed E-state index contributed by atoms with van der Waals surface area (Å²) in [4.78, 5) is 12.9. The second-order valence-corrected chi connectivity index (χ2v) is 8.81. The van der Waals surface area contributed by atoms with E-state index in [4.69, 9.17) is 0 Å². The van der Waals surface area contributed by atoms with Crippen LogP contribution in [0.25, 0.3) is 22.0 Å². The summed E-state index contributed by atoms with van der Waals surface area (Å²) in [5.41, 5.74) is 4.28. The zero-order chi connectivity index (χ0) is 20.9. The van der Waals surface area contributed by atoms with E-state index in [1.165, 1.54) is 54.1 Å². The molecule has 1 aromatic heterocycles. The minimum absolute atomic E-state index is 0.0605. The molecule has 3 heteroatoms. The second kappa shape index (κ2) is 9.51. The van der Waals surface area contributed by atoms with Crippen molar-refractivity contribution in [3.63, 3.8) is 0 Å². The van der Waals surface area contributed by atoms with Crippen LogP contribution in [-0.2, 0) is 6.54 Å². The van der Waals surface area contributed by atoms with Crippen molar-refractivity contribution < 1.29 is 4.79 Å². The molecule has 158 valence electrons. The Bertz CT molecular complexity index is 1010. The van der Waals surface area contributed by atoms with Crippen molar-refractivity contribution in [2.45, 2.75) is 65.3 Å². The zero-order valence-corrected chi connectivity index (χ0v) is 18.4. The van der Waals surface area contributed by atoms with Gasteiger partial charge in [-0.3, -0.25) is 4.79 Å². The van der Waals surface area contributed by atoms with E-state index in [0.29, 0.717) is 5.92 Å². The zero-order valence-electron chi connectivity index (χ0n) is 18.4. The molecule has 1 aliphatic rings. The summed E-state index contributed by atoms with van der Waals surface area (Å²) in [6.45, 7) is 6.02. The lowest BCUT2D eigenvalue weighted by Gasteiger charge is -2.24. The van der Waals surface area contributed by atoms with Crippen LogP contribution in [0.1, 0.15) is 67.9 Å². The average molecular weight is 403 g/mol. The van der Waals surface area contributed by atoms with Gasteiger partial charge >= 0.3 is 0 Å². The molecular formula is C27H34N2O. The Kier molecular flexibility index (Phi) is 6.56. The summed E-state index contributed by atoms with van der Waals surface area (Å²) in [7, 11) is 0. The van der Waals surface area contributed by atoms with Crippen molar-refractivity contribution in [2.24, 2.45) is 5.92 Å². The van der Waals surface area contributed by atoms with Crippen molar-refractivity contribution in [2.75, 3.05) is 6.54 Å². The first-order valence-corrected chi connectivity index (χ1v) is 11.6. The van der Waals surface area contributed by atoms with Gasteiger partial charge in [-0.2, -0.15) is 0 Å². The molecule has 2 aromatic carbocycles. The highest BCUT2D eigenvalue weighted by Gasteiger charge is 2.22.